The number of ketones is 1. The molecule has 0 N–H and O–H groups in total. The molecule has 1 aromatic carbocycles. The van der Waals surface area contributed by atoms with Crippen LogP contribution in [0.2, 0.25) is 0 Å². The molecule has 0 spiro atoms. The van der Waals surface area contributed by atoms with Crippen LogP contribution in [-0.4, -0.2) is 24.3 Å². The van der Waals surface area contributed by atoms with E-state index in [1.165, 1.54) is 5.56 Å². The summed E-state index contributed by atoms with van der Waals surface area (Å²) in [4.78, 5) is 13.7. The third kappa shape index (κ3) is 5.64. The van der Waals surface area contributed by atoms with Crippen molar-refractivity contribution in [3.05, 3.63) is 35.9 Å². The van der Waals surface area contributed by atoms with Crippen LogP contribution in [-0.2, 0) is 11.3 Å². The van der Waals surface area contributed by atoms with E-state index in [1.54, 1.807) is 0 Å². The molecule has 0 aromatic heterocycles. The van der Waals surface area contributed by atoms with E-state index in [0.29, 0.717) is 12.2 Å². The van der Waals surface area contributed by atoms with Gasteiger partial charge in [0.05, 0.1) is 0 Å². The van der Waals surface area contributed by atoms with Crippen LogP contribution < -0.4 is 0 Å². The standard InChI is InChI=1S/C15H23NO/c1-13(2)15(17)10-7-11-16(3)12-14-8-5-4-6-9-14/h4-6,8-9,13H,7,10-12H2,1-3H3. The van der Waals surface area contributed by atoms with E-state index in [0.717, 1.165) is 19.5 Å². The van der Waals surface area contributed by atoms with Gasteiger partial charge >= 0.3 is 0 Å². The minimum Gasteiger partial charge on any atom is -0.302 e. The van der Waals surface area contributed by atoms with E-state index in [4.69, 9.17) is 0 Å². The normalized spacial score (nSPS) is 11.1. The summed E-state index contributed by atoms with van der Waals surface area (Å²) in [5, 5.41) is 0. The molecule has 1 aromatic rings. The van der Waals surface area contributed by atoms with E-state index in [-0.39, 0.29) is 5.92 Å². The van der Waals surface area contributed by atoms with E-state index in [1.807, 2.05) is 19.9 Å². The van der Waals surface area contributed by atoms with E-state index >= 15 is 0 Å². The Morgan fingerprint density at radius 3 is 2.47 bits per heavy atom. The zero-order chi connectivity index (χ0) is 12.7. The van der Waals surface area contributed by atoms with Gasteiger partial charge in [-0.05, 0) is 25.6 Å². The summed E-state index contributed by atoms with van der Waals surface area (Å²) in [7, 11) is 2.10. The Hall–Kier alpha value is -1.15. The summed E-state index contributed by atoms with van der Waals surface area (Å²) in [6, 6.07) is 10.4. The highest BCUT2D eigenvalue weighted by Crippen LogP contribution is 2.06. The number of carbonyl (C=O) groups is 1. The molecule has 0 aliphatic carbocycles. The smallest absolute Gasteiger partial charge is 0.135 e. The van der Waals surface area contributed by atoms with Gasteiger partial charge in [-0.15, -0.1) is 0 Å². The maximum atomic E-state index is 11.5. The number of hydrogen-bond acceptors (Lipinski definition) is 2. The SMILES string of the molecule is CC(C)C(=O)CCCN(C)Cc1ccccc1. The largest absolute Gasteiger partial charge is 0.302 e. The number of carbonyl (C=O) groups excluding carboxylic acids is 1. The van der Waals surface area contributed by atoms with Crippen molar-refractivity contribution in [3.63, 3.8) is 0 Å². The molecule has 0 unspecified atom stereocenters. The summed E-state index contributed by atoms with van der Waals surface area (Å²) in [6.45, 7) is 5.87. The second-order valence-electron chi connectivity index (χ2n) is 4.95. The first kappa shape index (κ1) is 13.9. The lowest BCUT2D eigenvalue weighted by molar-refractivity contribution is -0.122. The van der Waals surface area contributed by atoms with Gasteiger partial charge in [0.25, 0.3) is 0 Å². The molecule has 0 heterocycles. The first-order valence-electron chi connectivity index (χ1n) is 6.34. The number of benzene rings is 1. The van der Waals surface area contributed by atoms with Gasteiger partial charge in [-0.1, -0.05) is 44.2 Å². The lowest BCUT2D eigenvalue weighted by Gasteiger charge is -2.16. The predicted octanol–water partition coefficient (Wildman–Crippen LogP) is 3.12. The number of hydrogen-bond donors (Lipinski definition) is 0. The maximum Gasteiger partial charge on any atom is 0.135 e. The quantitative estimate of drug-likeness (QED) is 0.721. The van der Waals surface area contributed by atoms with Crippen LogP contribution in [0.5, 0.6) is 0 Å². The average molecular weight is 233 g/mol. The van der Waals surface area contributed by atoms with Crippen LogP contribution in [0, 0.1) is 5.92 Å². The third-order valence-electron chi connectivity index (χ3n) is 2.90. The number of nitrogens with zero attached hydrogens (tertiary/aromatic N) is 1. The fourth-order valence-electron chi connectivity index (χ4n) is 1.79. The second kappa shape index (κ2) is 7.23. The van der Waals surface area contributed by atoms with Gasteiger partial charge < -0.3 is 4.90 Å². The molecule has 0 fully saturated rings. The molecule has 17 heavy (non-hydrogen) atoms. The Balaban J connectivity index is 2.22. The van der Waals surface area contributed by atoms with Crippen LogP contribution in [0.1, 0.15) is 32.3 Å². The lowest BCUT2D eigenvalue weighted by atomic mass is 10.0. The molecule has 0 saturated carbocycles. The Bertz CT molecular complexity index is 332. The van der Waals surface area contributed by atoms with Crippen molar-refractivity contribution in [2.45, 2.75) is 33.2 Å². The van der Waals surface area contributed by atoms with Gasteiger partial charge in [-0.25, -0.2) is 0 Å². The molecule has 0 atom stereocenters. The minimum atomic E-state index is 0.175. The Morgan fingerprint density at radius 2 is 1.88 bits per heavy atom. The van der Waals surface area contributed by atoms with Crippen molar-refractivity contribution in [2.75, 3.05) is 13.6 Å². The molecule has 0 bridgehead atoms. The number of Topliss-reactive ketones (excluding diaryl/α,β-unsaturated/α-hetero) is 1. The highest BCUT2D eigenvalue weighted by molar-refractivity contribution is 5.80. The Morgan fingerprint density at radius 1 is 1.24 bits per heavy atom. The topological polar surface area (TPSA) is 20.3 Å². The molecule has 2 heteroatoms. The molecule has 0 saturated heterocycles. The van der Waals surface area contributed by atoms with Crippen LogP contribution in [0.15, 0.2) is 30.3 Å². The van der Waals surface area contributed by atoms with Crippen LogP contribution in [0.25, 0.3) is 0 Å². The fraction of sp³-hybridized carbons (Fsp3) is 0.533. The van der Waals surface area contributed by atoms with Gasteiger partial charge in [0, 0.05) is 18.9 Å². The van der Waals surface area contributed by atoms with Crippen molar-refractivity contribution in [2.24, 2.45) is 5.92 Å². The first-order chi connectivity index (χ1) is 8.09. The molecule has 1 rings (SSSR count). The van der Waals surface area contributed by atoms with Crippen molar-refractivity contribution in [3.8, 4) is 0 Å². The third-order valence-corrected chi connectivity index (χ3v) is 2.90. The summed E-state index contributed by atoms with van der Waals surface area (Å²) < 4.78 is 0. The average Bonchev–Trinajstić information content (AvgIpc) is 2.30. The van der Waals surface area contributed by atoms with Gasteiger partial charge in [0.2, 0.25) is 0 Å². The summed E-state index contributed by atoms with van der Waals surface area (Å²) in [6.07, 6.45) is 1.66. The monoisotopic (exact) mass is 233 g/mol. The fourth-order valence-corrected chi connectivity index (χ4v) is 1.79. The van der Waals surface area contributed by atoms with Crippen molar-refractivity contribution in [1.82, 2.24) is 4.90 Å². The highest BCUT2D eigenvalue weighted by atomic mass is 16.1. The van der Waals surface area contributed by atoms with Crippen molar-refractivity contribution < 1.29 is 4.79 Å². The second-order valence-corrected chi connectivity index (χ2v) is 4.95. The van der Waals surface area contributed by atoms with Crippen molar-refractivity contribution >= 4 is 5.78 Å². The Kier molecular flexibility index (Phi) is 5.92. The van der Waals surface area contributed by atoms with Gasteiger partial charge in [0.15, 0.2) is 0 Å². The highest BCUT2D eigenvalue weighted by Gasteiger charge is 2.07. The van der Waals surface area contributed by atoms with E-state index in [2.05, 4.69) is 36.2 Å². The number of rotatable bonds is 7. The molecular weight excluding hydrogens is 210 g/mol. The first-order valence-corrected chi connectivity index (χ1v) is 6.34. The van der Waals surface area contributed by atoms with Gasteiger partial charge in [-0.3, -0.25) is 4.79 Å². The van der Waals surface area contributed by atoms with E-state index < -0.39 is 0 Å². The van der Waals surface area contributed by atoms with Crippen LogP contribution in [0.3, 0.4) is 0 Å². The van der Waals surface area contributed by atoms with Gasteiger partial charge in [-0.2, -0.15) is 0 Å². The molecule has 0 aliphatic rings. The zero-order valence-electron chi connectivity index (χ0n) is 11.1. The van der Waals surface area contributed by atoms with Crippen LogP contribution in [0.4, 0.5) is 0 Å². The minimum absolute atomic E-state index is 0.175. The molecule has 2 nitrogen and oxygen atoms in total. The summed E-state index contributed by atoms with van der Waals surface area (Å²) in [5.41, 5.74) is 1.32. The van der Waals surface area contributed by atoms with Crippen LogP contribution >= 0.6 is 0 Å². The molecule has 94 valence electrons. The predicted molar refractivity (Wildman–Crippen MR) is 71.9 cm³/mol. The molecule has 0 amide bonds. The molecule has 0 radical (unpaired) electrons. The molecular formula is C15H23NO. The summed E-state index contributed by atoms with van der Waals surface area (Å²) >= 11 is 0. The Labute approximate surface area is 105 Å². The summed E-state index contributed by atoms with van der Waals surface area (Å²) in [5.74, 6) is 0.549. The van der Waals surface area contributed by atoms with Crippen molar-refractivity contribution in [1.29, 1.82) is 0 Å². The lowest BCUT2D eigenvalue weighted by Crippen LogP contribution is -2.20. The van der Waals surface area contributed by atoms with E-state index in [9.17, 15) is 4.79 Å². The maximum absolute atomic E-state index is 11.5. The van der Waals surface area contributed by atoms with Gasteiger partial charge in [0.1, 0.15) is 5.78 Å². The molecule has 0 aliphatic heterocycles. The zero-order valence-corrected chi connectivity index (χ0v) is 11.1.